The van der Waals surface area contributed by atoms with Crippen LogP contribution in [0.4, 0.5) is 5.69 Å². The normalized spacial score (nSPS) is 11.8. The van der Waals surface area contributed by atoms with Crippen molar-refractivity contribution in [3.63, 3.8) is 0 Å². The Hall–Kier alpha value is -1.22. The van der Waals surface area contributed by atoms with Gasteiger partial charge < -0.3 is 15.0 Å². The summed E-state index contributed by atoms with van der Waals surface area (Å²) in [4.78, 5) is 2.29. The van der Waals surface area contributed by atoms with Crippen LogP contribution in [0.5, 0.6) is 5.75 Å². The number of benzene rings is 1. The molecule has 20 heavy (non-hydrogen) atoms. The fraction of sp³-hybridized carbons (Fsp3) is 0.647. The number of nitrogens with one attached hydrogen (secondary N) is 1. The molecule has 0 saturated carbocycles. The van der Waals surface area contributed by atoms with Gasteiger partial charge in [0, 0.05) is 31.9 Å². The molecule has 0 atom stereocenters. The van der Waals surface area contributed by atoms with Gasteiger partial charge in [-0.2, -0.15) is 0 Å². The predicted molar refractivity (Wildman–Crippen MR) is 87.8 cm³/mol. The van der Waals surface area contributed by atoms with Gasteiger partial charge >= 0.3 is 0 Å². The van der Waals surface area contributed by atoms with Crippen molar-refractivity contribution in [2.24, 2.45) is 11.3 Å². The SMILES string of the molecule is COc1cccc(N(C)CC(C)(C)CNCC(C)C)c1. The van der Waals surface area contributed by atoms with Gasteiger partial charge in [0.15, 0.2) is 0 Å². The molecule has 3 nitrogen and oxygen atoms in total. The summed E-state index contributed by atoms with van der Waals surface area (Å²) in [6, 6.07) is 8.22. The zero-order chi connectivity index (χ0) is 15.2. The van der Waals surface area contributed by atoms with E-state index in [9.17, 15) is 0 Å². The van der Waals surface area contributed by atoms with Crippen molar-refractivity contribution < 1.29 is 4.74 Å². The van der Waals surface area contributed by atoms with Crippen molar-refractivity contribution in [1.29, 1.82) is 0 Å². The van der Waals surface area contributed by atoms with E-state index in [1.165, 1.54) is 5.69 Å². The summed E-state index contributed by atoms with van der Waals surface area (Å²) in [7, 11) is 3.85. The van der Waals surface area contributed by atoms with E-state index in [2.05, 4.69) is 57.1 Å². The summed E-state index contributed by atoms with van der Waals surface area (Å²) in [5.41, 5.74) is 1.42. The van der Waals surface area contributed by atoms with Gasteiger partial charge in [-0.1, -0.05) is 33.8 Å². The fourth-order valence-electron chi connectivity index (χ4n) is 2.34. The minimum atomic E-state index is 0.229. The van der Waals surface area contributed by atoms with Crippen molar-refractivity contribution in [2.75, 3.05) is 38.7 Å². The summed E-state index contributed by atoms with van der Waals surface area (Å²) in [5, 5.41) is 3.55. The Bertz CT molecular complexity index is 402. The van der Waals surface area contributed by atoms with Crippen LogP contribution in [0.25, 0.3) is 0 Å². The van der Waals surface area contributed by atoms with Gasteiger partial charge in [0.05, 0.1) is 7.11 Å². The highest BCUT2D eigenvalue weighted by atomic mass is 16.5. The molecule has 3 heteroatoms. The van der Waals surface area contributed by atoms with E-state index in [1.807, 2.05) is 12.1 Å². The summed E-state index contributed by atoms with van der Waals surface area (Å²) in [6.07, 6.45) is 0. The number of rotatable bonds is 8. The Balaban J connectivity index is 2.56. The van der Waals surface area contributed by atoms with E-state index >= 15 is 0 Å². The van der Waals surface area contributed by atoms with Crippen LogP contribution in [0.15, 0.2) is 24.3 Å². The third kappa shape index (κ3) is 5.83. The zero-order valence-corrected chi connectivity index (χ0v) is 13.9. The molecule has 1 aromatic carbocycles. The molecule has 0 bridgehead atoms. The monoisotopic (exact) mass is 278 g/mol. The molecule has 114 valence electrons. The van der Waals surface area contributed by atoms with Crippen molar-refractivity contribution in [3.05, 3.63) is 24.3 Å². The number of methoxy groups -OCH3 is 1. The van der Waals surface area contributed by atoms with Crippen LogP contribution in [-0.4, -0.2) is 33.8 Å². The molecule has 1 N–H and O–H groups in total. The lowest BCUT2D eigenvalue weighted by Gasteiger charge is -2.32. The first-order chi connectivity index (χ1) is 9.34. The summed E-state index contributed by atoms with van der Waals surface area (Å²) >= 11 is 0. The number of nitrogens with zero attached hydrogens (tertiary/aromatic N) is 1. The van der Waals surface area contributed by atoms with Gasteiger partial charge in [-0.05, 0) is 30.0 Å². The lowest BCUT2D eigenvalue weighted by Crippen LogP contribution is -2.40. The molecule has 0 saturated heterocycles. The van der Waals surface area contributed by atoms with E-state index in [-0.39, 0.29) is 5.41 Å². The Labute approximate surface area is 124 Å². The summed E-state index contributed by atoms with van der Waals surface area (Å²) < 4.78 is 5.29. The maximum absolute atomic E-state index is 5.29. The maximum atomic E-state index is 5.29. The second-order valence-electron chi connectivity index (χ2n) is 6.75. The van der Waals surface area contributed by atoms with E-state index in [1.54, 1.807) is 7.11 Å². The lowest BCUT2D eigenvalue weighted by atomic mass is 9.92. The van der Waals surface area contributed by atoms with Crippen LogP contribution in [-0.2, 0) is 0 Å². The molecule has 0 radical (unpaired) electrons. The first kappa shape index (κ1) is 16.8. The van der Waals surface area contributed by atoms with Gasteiger partial charge in [0.2, 0.25) is 0 Å². The minimum Gasteiger partial charge on any atom is -0.497 e. The second-order valence-corrected chi connectivity index (χ2v) is 6.75. The highest BCUT2D eigenvalue weighted by molar-refractivity contribution is 5.50. The van der Waals surface area contributed by atoms with Gasteiger partial charge in [-0.15, -0.1) is 0 Å². The first-order valence-electron chi connectivity index (χ1n) is 7.40. The van der Waals surface area contributed by atoms with Crippen molar-refractivity contribution in [3.8, 4) is 5.75 Å². The topological polar surface area (TPSA) is 24.5 Å². The van der Waals surface area contributed by atoms with E-state index in [0.29, 0.717) is 5.92 Å². The first-order valence-corrected chi connectivity index (χ1v) is 7.40. The van der Waals surface area contributed by atoms with Gasteiger partial charge in [0.1, 0.15) is 5.75 Å². The van der Waals surface area contributed by atoms with Crippen LogP contribution in [0.2, 0.25) is 0 Å². The molecular formula is C17H30N2O. The molecule has 0 aliphatic carbocycles. The second kappa shape index (κ2) is 7.53. The molecule has 0 unspecified atom stereocenters. The Morgan fingerprint density at radius 3 is 2.60 bits per heavy atom. The molecule has 0 fully saturated rings. The zero-order valence-electron chi connectivity index (χ0n) is 13.9. The average molecular weight is 278 g/mol. The predicted octanol–water partition coefficient (Wildman–Crippen LogP) is 3.40. The maximum Gasteiger partial charge on any atom is 0.120 e. The van der Waals surface area contributed by atoms with Crippen molar-refractivity contribution in [1.82, 2.24) is 5.32 Å². The van der Waals surface area contributed by atoms with E-state index < -0.39 is 0 Å². The van der Waals surface area contributed by atoms with Crippen molar-refractivity contribution >= 4 is 5.69 Å². The molecule has 0 heterocycles. The smallest absolute Gasteiger partial charge is 0.120 e. The summed E-state index contributed by atoms with van der Waals surface area (Å²) in [6.45, 7) is 12.2. The highest BCUT2D eigenvalue weighted by Gasteiger charge is 2.20. The molecule has 0 amide bonds. The Morgan fingerprint density at radius 2 is 2.00 bits per heavy atom. The third-order valence-electron chi connectivity index (χ3n) is 3.32. The average Bonchev–Trinajstić information content (AvgIpc) is 2.37. The number of hydrogen-bond donors (Lipinski definition) is 1. The number of hydrogen-bond acceptors (Lipinski definition) is 3. The van der Waals surface area contributed by atoms with Crippen LogP contribution in [0.3, 0.4) is 0 Å². The van der Waals surface area contributed by atoms with Crippen LogP contribution in [0, 0.1) is 11.3 Å². The van der Waals surface area contributed by atoms with Crippen LogP contribution < -0.4 is 15.0 Å². The van der Waals surface area contributed by atoms with E-state index in [4.69, 9.17) is 4.74 Å². The molecule has 0 aliphatic heterocycles. The molecular weight excluding hydrogens is 248 g/mol. The lowest BCUT2D eigenvalue weighted by molar-refractivity contribution is 0.338. The standard InChI is InChI=1S/C17H30N2O/c1-14(2)11-18-12-17(3,4)13-19(5)15-8-7-9-16(10-15)20-6/h7-10,14,18H,11-13H2,1-6H3. The summed E-state index contributed by atoms with van der Waals surface area (Å²) in [5.74, 6) is 1.60. The quantitative estimate of drug-likeness (QED) is 0.788. The third-order valence-corrected chi connectivity index (χ3v) is 3.32. The van der Waals surface area contributed by atoms with Gasteiger partial charge in [0.25, 0.3) is 0 Å². The van der Waals surface area contributed by atoms with Gasteiger partial charge in [-0.3, -0.25) is 0 Å². The Morgan fingerprint density at radius 1 is 1.30 bits per heavy atom. The van der Waals surface area contributed by atoms with Crippen molar-refractivity contribution in [2.45, 2.75) is 27.7 Å². The molecule has 0 aliphatic rings. The minimum absolute atomic E-state index is 0.229. The highest BCUT2D eigenvalue weighted by Crippen LogP contribution is 2.23. The Kier molecular flexibility index (Phi) is 6.34. The molecule has 1 aromatic rings. The van der Waals surface area contributed by atoms with E-state index in [0.717, 1.165) is 25.4 Å². The fourth-order valence-corrected chi connectivity index (χ4v) is 2.34. The van der Waals surface area contributed by atoms with Crippen LogP contribution >= 0.6 is 0 Å². The van der Waals surface area contributed by atoms with Gasteiger partial charge in [-0.25, -0.2) is 0 Å². The molecule has 0 spiro atoms. The van der Waals surface area contributed by atoms with Crippen LogP contribution in [0.1, 0.15) is 27.7 Å². The number of ether oxygens (including phenoxy) is 1. The number of anilines is 1. The largest absolute Gasteiger partial charge is 0.497 e. The molecule has 1 rings (SSSR count). The molecule has 0 aromatic heterocycles.